The summed E-state index contributed by atoms with van der Waals surface area (Å²) in [6.07, 6.45) is 5.34. The van der Waals surface area contributed by atoms with Crippen LogP contribution in [0.3, 0.4) is 0 Å². The van der Waals surface area contributed by atoms with E-state index in [0.29, 0.717) is 16.3 Å². The van der Waals surface area contributed by atoms with Crippen molar-refractivity contribution in [3.05, 3.63) is 17.5 Å². The number of halogens is 1. The van der Waals surface area contributed by atoms with Crippen molar-refractivity contribution in [2.75, 3.05) is 6.54 Å². The van der Waals surface area contributed by atoms with E-state index in [1.807, 2.05) is 14.0 Å². The largest absolute Gasteiger partial charge is 0.352 e. The Morgan fingerprint density at radius 2 is 2.41 bits per heavy atom. The average Bonchev–Trinajstić information content (AvgIpc) is 2.81. The van der Waals surface area contributed by atoms with Crippen LogP contribution in [0.5, 0.6) is 0 Å². The number of alkyl halides is 1. The third-order valence-corrected chi connectivity index (χ3v) is 4.12. The summed E-state index contributed by atoms with van der Waals surface area (Å²) in [5.41, 5.74) is 1.47. The molecule has 1 aliphatic rings. The highest BCUT2D eigenvalue weighted by Crippen LogP contribution is 2.30. The van der Waals surface area contributed by atoms with Crippen LogP contribution in [-0.2, 0) is 7.05 Å². The number of rotatable bonds is 3. The van der Waals surface area contributed by atoms with Crippen molar-refractivity contribution in [3.8, 4) is 0 Å². The van der Waals surface area contributed by atoms with Crippen molar-refractivity contribution in [2.45, 2.75) is 31.0 Å². The van der Waals surface area contributed by atoms with Gasteiger partial charge in [-0.25, -0.2) is 0 Å². The Bertz CT molecular complexity index is 416. The Morgan fingerprint density at radius 1 is 1.65 bits per heavy atom. The number of nitrogens with zero attached hydrogens (tertiary/aromatic N) is 2. The molecule has 2 unspecified atom stereocenters. The highest BCUT2D eigenvalue weighted by Gasteiger charge is 2.23. The summed E-state index contributed by atoms with van der Waals surface area (Å²) >= 11 is 3.62. The van der Waals surface area contributed by atoms with Crippen molar-refractivity contribution in [1.29, 1.82) is 0 Å². The fourth-order valence-electron chi connectivity index (χ4n) is 2.35. The molecule has 0 saturated heterocycles. The third-order valence-electron chi connectivity index (χ3n) is 3.29. The van der Waals surface area contributed by atoms with Gasteiger partial charge in [-0.15, -0.1) is 0 Å². The zero-order valence-electron chi connectivity index (χ0n) is 10.2. The summed E-state index contributed by atoms with van der Waals surface area (Å²) in [7, 11) is 1.83. The molecule has 1 fully saturated rings. The molecule has 0 radical (unpaired) electrons. The Labute approximate surface area is 110 Å². The van der Waals surface area contributed by atoms with Crippen molar-refractivity contribution >= 4 is 21.8 Å². The van der Waals surface area contributed by atoms with E-state index in [1.165, 1.54) is 12.8 Å². The van der Waals surface area contributed by atoms with Crippen molar-refractivity contribution in [3.63, 3.8) is 0 Å². The molecule has 1 amide bonds. The normalized spacial score (nSPS) is 23.9. The molecule has 1 heterocycles. The summed E-state index contributed by atoms with van der Waals surface area (Å²) in [5, 5.41) is 7.17. The first-order valence-corrected chi connectivity index (χ1v) is 6.90. The predicted molar refractivity (Wildman–Crippen MR) is 70.3 cm³/mol. The minimum atomic E-state index is -0.00591. The highest BCUT2D eigenvalue weighted by atomic mass is 79.9. The van der Waals surface area contributed by atoms with Gasteiger partial charge in [0.25, 0.3) is 5.91 Å². The van der Waals surface area contributed by atoms with Crippen LogP contribution in [0.25, 0.3) is 0 Å². The van der Waals surface area contributed by atoms with Crippen LogP contribution < -0.4 is 5.32 Å². The summed E-state index contributed by atoms with van der Waals surface area (Å²) in [6, 6.07) is 0. The number of amides is 1. The van der Waals surface area contributed by atoms with Gasteiger partial charge in [-0.05, 0) is 32.1 Å². The lowest BCUT2D eigenvalue weighted by molar-refractivity contribution is 0.0946. The van der Waals surface area contributed by atoms with E-state index < -0.39 is 0 Å². The van der Waals surface area contributed by atoms with Crippen molar-refractivity contribution < 1.29 is 4.79 Å². The second-order valence-electron chi connectivity index (χ2n) is 4.79. The molecule has 1 saturated carbocycles. The van der Waals surface area contributed by atoms with Crippen LogP contribution in [0.4, 0.5) is 0 Å². The van der Waals surface area contributed by atoms with Crippen molar-refractivity contribution in [2.24, 2.45) is 13.0 Å². The van der Waals surface area contributed by atoms with Gasteiger partial charge in [-0.1, -0.05) is 15.9 Å². The zero-order chi connectivity index (χ0) is 12.4. The number of hydrogen-bond acceptors (Lipinski definition) is 2. The Kier molecular flexibility index (Phi) is 3.86. The summed E-state index contributed by atoms with van der Waals surface area (Å²) in [6.45, 7) is 2.63. The summed E-state index contributed by atoms with van der Waals surface area (Å²) in [4.78, 5) is 12.6. The molecular formula is C12H18BrN3O. The van der Waals surface area contributed by atoms with Crippen LogP contribution in [0.2, 0.25) is 0 Å². The number of carbonyl (C=O) groups excluding carboxylic acids is 1. The molecule has 1 N–H and O–H groups in total. The summed E-state index contributed by atoms with van der Waals surface area (Å²) in [5.74, 6) is 0.605. The smallest absolute Gasteiger partial charge is 0.254 e. The number of carbonyl (C=O) groups is 1. The molecule has 1 aliphatic carbocycles. The maximum atomic E-state index is 11.9. The minimum Gasteiger partial charge on any atom is -0.352 e. The molecular weight excluding hydrogens is 282 g/mol. The summed E-state index contributed by atoms with van der Waals surface area (Å²) < 4.78 is 1.67. The molecule has 1 aromatic rings. The maximum absolute atomic E-state index is 11.9. The van der Waals surface area contributed by atoms with Gasteiger partial charge < -0.3 is 5.32 Å². The second-order valence-corrected chi connectivity index (χ2v) is 6.08. The van der Waals surface area contributed by atoms with E-state index in [4.69, 9.17) is 0 Å². The standard InChI is InChI=1S/C12H18BrN3O/c1-8-11(7-16(2)15-8)12(17)14-6-9-3-4-10(13)5-9/h7,9-10H,3-6H2,1-2H3,(H,14,17). The van der Waals surface area contributed by atoms with Gasteiger partial charge in [-0.2, -0.15) is 5.10 Å². The molecule has 0 spiro atoms. The lowest BCUT2D eigenvalue weighted by Gasteiger charge is -2.10. The molecule has 0 bridgehead atoms. The first-order valence-electron chi connectivity index (χ1n) is 5.98. The van der Waals surface area contributed by atoms with E-state index in [-0.39, 0.29) is 5.91 Å². The first kappa shape index (κ1) is 12.6. The Morgan fingerprint density at radius 3 is 2.94 bits per heavy atom. The molecule has 5 heteroatoms. The SMILES string of the molecule is Cc1nn(C)cc1C(=O)NCC1CCC(Br)C1. The van der Waals surface area contributed by atoms with Crippen LogP contribution in [-0.4, -0.2) is 27.1 Å². The lowest BCUT2D eigenvalue weighted by atomic mass is 10.1. The molecule has 2 rings (SSSR count). The van der Waals surface area contributed by atoms with Crippen molar-refractivity contribution in [1.82, 2.24) is 15.1 Å². The van der Waals surface area contributed by atoms with Crippen LogP contribution in [0.1, 0.15) is 35.3 Å². The van der Waals surface area contributed by atoms with Gasteiger partial charge in [0, 0.05) is 24.6 Å². The van der Waals surface area contributed by atoms with Gasteiger partial charge in [0.2, 0.25) is 0 Å². The number of aryl methyl sites for hydroxylation is 2. The first-order chi connectivity index (χ1) is 8.06. The molecule has 0 aliphatic heterocycles. The molecule has 0 aromatic carbocycles. The second kappa shape index (κ2) is 5.21. The van der Waals surface area contributed by atoms with Gasteiger partial charge >= 0.3 is 0 Å². The molecule has 1 aromatic heterocycles. The fourth-order valence-corrected chi connectivity index (χ4v) is 3.15. The van der Waals surface area contributed by atoms with E-state index in [2.05, 4.69) is 26.3 Å². The maximum Gasteiger partial charge on any atom is 0.254 e. The third kappa shape index (κ3) is 3.09. The van der Waals surface area contributed by atoms with Gasteiger partial charge in [-0.3, -0.25) is 9.48 Å². The monoisotopic (exact) mass is 299 g/mol. The van der Waals surface area contributed by atoms with Crippen LogP contribution in [0, 0.1) is 12.8 Å². The van der Waals surface area contributed by atoms with Gasteiger partial charge in [0.1, 0.15) is 0 Å². The predicted octanol–water partition coefficient (Wildman–Crippen LogP) is 2.02. The molecule has 4 nitrogen and oxygen atoms in total. The van der Waals surface area contributed by atoms with E-state index in [9.17, 15) is 4.79 Å². The topological polar surface area (TPSA) is 46.9 Å². The van der Waals surface area contributed by atoms with Gasteiger partial charge in [0.05, 0.1) is 11.3 Å². The molecule has 17 heavy (non-hydrogen) atoms. The van der Waals surface area contributed by atoms with E-state index >= 15 is 0 Å². The zero-order valence-corrected chi connectivity index (χ0v) is 11.8. The molecule has 2 atom stereocenters. The average molecular weight is 300 g/mol. The van der Waals surface area contributed by atoms with E-state index in [0.717, 1.165) is 18.7 Å². The van der Waals surface area contributed by atoms with Crippen LogP contribution >= 0.6 is 15.9 Å². The van der Waals surface area contributed by atoms with Gasteiger partial charge in [0.15, 0.2) is 0 Å². The lowest BCUT2D eigenvalue weighted by Crippen LogP contribution is -2.28. The fraction of sp³-hybridized carbons (Fsp3) is 0.667. The number of aromatic nitrogens is 2. The number of hydrogen-bond donors (Lipinski definition) is 1. The Hall–Kier alpha value is -0.840. The quantitative estimate of drug-likeness (QED) is 0.868. The Balaban J connectivity index is 1.87. The highest BCUT2D eigenvalue weighted by molar-refractivity contribution is 9.09. The minimum absolute atomic E-state index is 0.00591. The van der Waals surface area contributed by atoms with Crippen LogP contribution in [0.15, 0.2) is 6.20 Å². The number of nitrogens with one attached hydrogen (secondary N) is 1. The van der Waals surface area contributed by atoms with E-state index in [1.54, 1.807) is 10.9 Å². The molecule has 94 valence electrons.